The number of carbonyl (C=O) groups excluding carboxylic acids is 2. The summed E-state index contributed by atoms with van der Waals surface area (Å²) in [6, 6.07) is 5.57. The Balaban J connectivity index is 1.41. The number of aryl methyl sites for hydroxylation is 1. The highest BCUT2D eigenvalue weighted by molar-refractivity contribution is 7.15. The number of halogens is 1. The summed E-state index contributed by atoms with van der Waals surface area (Å²) in [5, 5.41) is 4.73. The third-order valence-electron chi connectivity index (χ3n) is 5.82. The molecule has 1 aliphatic heterocycles. The number of carbonyl (C=O) groups is 2. The van der Waals surface area contributed by atoms with E-state index in [2.05, 4.69) is 10.2 Å². The number of anilines is 2. The highest BCUT2D eigenvalue weighted by Crippen LogP contribution is 2.35. The third-order valence-corrected chi connectivity index (χ3v) is 7.41. The molecule has 1 N–H and O–H groups in total. The van der Waals surface area contributed by atoms with Gasteiger partial charge in [0.25, 0.3) is 0 Å². The molecule has 1 aromatic carbocycles. The van der Waals surface area contributed by atoms with Gasteiger partial charge in [-0.2, -0.15) is 0 Å². The Bertz CT molecular complexity index is 937. The number of hydrogen-bond donors (Lipinski definition) is 1. The van der Waals surface area contributed by atoms with Crippen molar-refractivity contribution in [3.63, 3.8) is 0 Å². The standard InChI is InChI=1S/C21H25ClN4O2S/c1-13-16(22)4-3-5-17(13)23-20(28)15-6-7-18-19(12-15)29-21(24-18)26-10-8-25(9-11-26)14(2)27/h3-5,15H,6-12H2,1-2H3,(H,23,28). The molecule has 2 heterocycles. The van der Waals surface area contributed by atoms with Crippen LogP contribution in [0.5, 0.6) is 0 Å². The molecule has 2 aromatic rings. The second-order valence-corrected chi connectivity index (χ2v) is 9.17. The topological polar surface area (TPSA) is 65.5 Å². The van der Waals surface area contributed by atoms with Crippen molar-refractivity contribution in [3.8, 4) is 0 Å². The number of rotatable bonds is 3. The van der Waals surface area contributed by atoms with E-state index >= 15 is 0 Å². The van der Waals surface area contributed by atoms with E-state index in [1.807, 2.05) is 30.0 Å². The van der Waals surface area contributed by atoms with Gasteiger partial charge in [0.1, 0.15) is 0 Å². The second kappa shape index (κ2) is 8.32. The minimum Gasteiger partial charge on any atom is -0.345 e. The first-order valence-electron chi connectivity index (χ1n) is 9.97. The Kier molecular flexibility index (Phi) is 5.79. The zero-order valence-corrected chi connectivity index (χ0v) is 18.3. The quantitative estimate of drug-likeness (QED) is 0.805. The average molecular weight is 433 g/mol. The van der Waals surface area contributed by atoms with E-state index in [0.717, 1.165) is 67.5 Å². The molecule has 1 unspecified atom stereocenters. The summed E-state index contributed by atoms with van der Waals surface area (Å²) >= 11 is 7.86. The van der Waals surface area contributed by atoms with Crippen LogP contribution in [-0.2, 0) is 22.4 Å². The molecule has 1 aromatic heterocycles. The highest BCUT2D eigenvalue weighted by atomic mass is 35.5. The van der Waals surface area contributed by atoms with Crippen LogP contribution in [-0.4, -0.2) is 47.9 Å². The fraction of sp³-hybridized carbons (Fsp3) is 0.476. The van der Waals surface area contributed by atoms with Crippen molar-refractivity contribution in [1.29, 1.82) is 0 Å². The summed E-state index contributed by atoms with van der Waals surface area (Å²) in [7, 11) is 0. The number of piperazine rings is 1. The van der Waals surface area contributed by atoms with E-state index in [4.69, 9.17) is 16.6 Å². The fourth-order valence-corrected chi connectivity index (χ4v) is 5.32. The molecule has 29 heavy (non-hydrogen) atoms. The molecule has 1 aliphatic carbocycles. The smallest absolute Gasteiger partial charge is 0.227 e. The van der Waals surface area contributed by atoms with Crippen LogP contribution in [0.25, 0.3) is 0 Å². The monoisotopic (exact) mass is 432 g/mol. The van der Waals surface area contributed by atoms with Gasteiger partial charge in [-0.15, -0.1) is 11.3 Å². The van der Waals surface area contributed by atoms with Crippen molar-refractivity contribution >= 4 is 45.6 Å². The number of nitrogens with zero attached hydrogens (tertiary/aromatic N) is 3. The van der Waals surface area contributed by atoms with Gasteiger partial charge in [0.15, 0.2) is 5.13 Å². The van der Waals surface area contributed by atoms with Crippen LogP contribution in [0.2, 0.25) is 5.02 Å². The molecule has 6 nitrogen and oxygen atoms in total. The SMILES string of the molecule is CC(=O)N1CCN(c2nc3c(s2)CC(C(=O)Nc2cccc(Cl)c2C)CC3)CC1. The van der Waals surface area contributed by atoms with Crippen LogP contribution >= 0.6 is 22.9 Å². The van der Waals surface area contributed by atoms with Crippen LogP contribution in [0, 0.1) is 12.8 Å². The zero-order valence-electron chi connectivity index (χ0n) is 16.7. The van der Waals surface area contributed by atoms with E-state index in [0.29, 0.717) is 5.02 Å². The highest BCUT2D eigenvalue weighted by Gasteiger charge is 2.29. The van der Waals surface area contributed by atoms with E-state index in [-0.39, 0.29) is 17.7 Å². The first-order chi connectivity index (χ1) is 13.9. The van der Waals surface area contributed by atoms with E-state index in [9.17, 15) is 9.59 Å². The lowest BCUT2D eigenvalue weighted by Crippen LogP contribution is -2.48. The predicted octanol–water partition coefficient (Wildman–Crippen LogP) is 3.52. The number of nitrogens with one attached hydrogen (secondary N) is 1. The average Bonchev–Trinajstić information content (AvgIpc) is 3.15. The van der Waals surface area contributed by atoms with Crippen LogP contribution in [0.1, 0.15) is 29.5 Å². The minimum absolute atomic E-state index is 0.0473. The van der Waals surface area contributed by atoms with Gasteiger partial charge in [-0.05, 0) is 43.9 Å². The Morgan fingerprint density at radius 3 is 2.72 bits per heavy atom. The van der Waals surface area contributed by atoms with Crippen LogP contribution < -0.4 is 10.2 Å². The van der Waals surface area contributed by atoms with Gasteiger partial charge < -0.3 is 15.1 Å². The Hall–Kier alpha value is -2.12. The van der Waals surface area contributed by atoms with Gasteiger partial charge in [-0.25, -0.2) is 4.98 Å². The summed E-state index contributed by atoms with van der Waals surface area (Å²) < 4.78 is 0. The van der Waals surface area contributed by atoms with Gasteiger partial charge in [-0.1, -0.05) is 17.7 Å². The molecular weight excluding hydrogens is 408 g/mol. The lowest BCUT2D eigenvalue weighted by Gasteiger charge is -2.33. The molecule has 1 atom stereocenters. The van der Waals surface area contributed by atoms with E-state index < -0.39 is 0 Å². The Morgan fingerprint density at radius 1 is 1.24 bits per heavy atom. The van der Waals surface area contributed by atoms with Gasteiger partial charge in [-0.3, -0.25) is 9.59 Å². The summed E-state index contributed by atoms with van der Waals surface area (Å²) in [4.78, 5) is 34.5. The number of amides is 2. The maximum absolute atomic E-state index is 12.8. The Labute approximate surface area is 179 Å². The third kappa shape index (κ3) is 4.26. The molecule has 2 amide bonds. The van der Waals surface area contributed by atoms with E-state index in [1.54, 1.807) is 18.3 Å². The molecule has 0 spiro atoms. The molecule has 0 saturated carbocycles. The van der Waals surface area contributed by atoms with Gasteiger partial charge >= 0.3 is 0 Å². The molecule has 0 radical (unpaired) electrons. The lowest BCUT2D eigenvalue weighted by atomic mass is 9.90. The van der Waals surface area contributed by atoms with E-state index in [1.165, 1.54) is 4.88 Å². The fourth-order valence-electron chi connectivity index (χ4n) is 3.91. The van der Waals surface area contributed by atoms with Gasteiger partial charge in [0.05, 0.1) is 5.69 Å². The summed E-state index contributed by atoms with van der Waals surface area (Å²) in [6.45, 7) is 6.63. The second-order valence-electron chi connectivity index (χ2n) is 7.70. The molecule has 1 fully saturated rings. The summed E-state index contributed by atoms with van der Waals surface area (Å²) in [6.07, 6.45) is 2.36. The number of thiazole rings is 1. The number of benzene rings is 1. The molecule has 1 saturated heterocycles. The van der Waals surface area contributed by atoms with Crippen molar-refractivity contribution in [1.82, 2.24) is 9.88 Å². The van der Waals surface area contributed by atoms with Gasteiger partial charge in [0.2, 0.25) is 11.8 Å². The minimum atomic E-state index is -0.0521. The molecular formula is C21H25ClN4O2S. The first kappa shape index (κ1) is 20.2. The van der Waals surface area contributed by atoms with Crippen molar-refractivity contribution in [3.05, 3.63) is 39.4 Å². The van der Waals surface area contributed by atoms with Crippen LogP contribution in [0.3, 0.4) is 0 Å². The maximum atomic E-state index is 12.8. The van der Waals surface area contributed by atoms with Crippen molar-refractivity contribution in [2.75, 3.05) is 36.4 Å². The van der Waals surface area contributed by atoms with Crippen molar-refractivity contribution in [2.45, 2.75) is 33.1 Å². The predicted molar refractivity (Wildman–Crippen MR) is 117 cm³/mol. The van der Waals surface area contributed by atoms with Crippen LogP contribution in [0.4, 0.5) is 10.8 Å². The maximum Gasteiger partial charge on any atom is 0.227 e. The molecule has 4 rings (SSSR count). The zero-order chi connectivity index (χ0) is 20.5. The largest absolute Gasteiger partial charge is 0.345 e. The van der Waals surface area contributed by atoms with Crippen molar-refractivity contribution < 1.29 is 9.59 Å². The summed E-state index contributed by atoms with van der Waals surface area (Å²) in [5.41, 5.74) is 2.80. The molecule has 8 heteroatoms. The lowest BCUT2D eigenvalue weighted by molar-refractivity contribution is -0.129. The summed E-state index contributed by atoms with van der Waals surface area (Å²) in [5.74, 6) is 0.127. The number of fused-ring (bicyclic) bond motifs is 1. The number of aromatic nitrogens is 1. The Morgan fingerprint density at radius 2 is 2.00 bits per heavy atom. The normalized spacial score (nSPS) is 19.1. The molecule has 0 bridgehead atoms. The molecule has 2 aliphatic rings. The first-order valence-corrected chi connectivity index (χ1v) is 11.2. The van der Waals surface area contributed by atoms with Gasteiger partial charge in [0, 0.05) is 54.6 Å². The van der Waals surface area contributed by atoms with Crippen molar-refractivity contribution in [2.24, 2.45) is 5.92 Å². The number of hydrogen-bond acceptors (Lipinski definition) is 5. The molecule has 154 valence electrons. The van der Waals surface area contributed by atoms with Crippen LogP contribution in [0.15, 0.2) is 18.2 Å².